The predicted molar refractivity (Wildman–Crippen MR) is 157 cm³/mol. The molecule has 1 N–H and O–H groups in total. The number of alkyl halides is 1. The minimum atomic E-state index is -0.199. The Labute approximate surface area is 236 Å². The van der Waals surface area contributed by atoms with Gasteiger partial charge in [-0.25, -0.2) is 0 Å². The molecule has 0 bridgehead atoms. The van der Waals surface area contributed by atoms with E-state index in [1.807, 2.05) is 12.1 Å². The van der Waals surface area contributed by atoms with Crippen LogP contribution in [-0.2, 0) is 6.42 Å². The van der Waals surface area contributed by atoms with Crippen molar-refractivity contribution in [2.45, 2.75) is 70.3 Å². The van der Waals surface area contributed by atoms with Crippen molar-refractivity contribution in [3.8, 4) is 23.0 Å². The van der Waals surface area contributed by atoms with Gasteiger partial charge in [0.25, 0.3) is 0 Å². The van der Waals surface area contributed by atoms with Crippen LogP contribution in [0.4, 0.5) is 4.39 Å². The normalized spacial score (nSPS) is 20.2. The standard InChI is InChI=1S/C35H39FO4/c36-18-3-1-2-5-24-8-13-30(21-24)40-29-14-9-25(10-15-29)35-31(7-4-6-26-22-28(37)12-16-32(26)35)27-11-17-33-34(23-27)39-20-19-38-33/h9-12,14-17,22-24,30,37H,1-8,13,18-21H2/t24?,30-/m0/s1. The monoisotopic (exact) mass is 542 g/mol. The molecule has 3 aromatic carbocycles. The zero-order valence-electron chi connectivity index (χ0n) is 23.2. The van der Waals surface area contributed by atoms with Crippen LogP contribution in [0.3, 0.4) is 0 Å². The number of aryl methyl sites for hydroxylation is 1. The third kappa shape index (κ3) is 5.99. The Balaban J connectivity index is 1.27. The van der Waals surface area contributed by atoms with E-state index in [2.05, 4.69) is 42.5 Å². The number of hydrogen-bond acceptors (Lipinski definition) is 4. The van der Waals surface area contributed by atoms with Gasteiger partial charge in [0.05, 0.1) is 12.8 Å². The summed E-state index contributed by atoms with van der Waals surface area (Å²) in [6.07, 6.45) is 10.5. The Hall–Kier alpha value is -3.47. The van der Waals surface area contributed by atoms with Gasteiger partial charge >= 0.3 is 0 Å². The summed E-state index contributed by atoms with van der Waals surface area (Å²) in [7, 11) is 0. The molecule has 1 saturated carbocycles. The Bertz CT molecular complexity index is 1350. The molecule has 5 heteroatoms. The molecule has 4 nitrogen and oxygen atoms in total. The van der Waals surface area contributed by atoms with E-state index in [0.717, 1.165) is 73.3 Å². The van der Waals surface area contributed by atoms with Crippen LogP contribution in [0.2, 0.25) is 0 Å². The maximum atomic E-state index is 12.4. The number of rotatable bonds is 9. The largest absolute Gasteiger partial charge is 0.508 e. The van der Waals surface area contributed by atoms with Crippen LogP contribution in [-0.4, -0.2) is 31.1 Å². The van der Waals surface area contributed by atoms with Crippen LogP contribution in [0.5, 0.6) is 23.0 Å². The Morgan fingerprint density at radius 2 is 1.65 bits per heavy atom. The first-order chi connectivity index (χ1) is 19.7. The van der Waals surface area contributed by atoms with Crippen molar-refractivity contribution in [3.63, 3.8) is 0 Å². The first-order valence-electron chi connectivity index (χ1n) is 15.0. The smallest absolute Gasteiger partial charge is 0.161 e. The van der Waals surface area contributed by atoms with E-state index in [9.17, 15) is 9.50 Å². The highest BCUT2D eigenvalue weighted by molar-refractivity contribution is 6.00. The molecule has 0 radical (unpaired) electrons. The van der Waals surface area contributed by atoms with Crippen LogP contribution in [0.25, 0.3) is 11.1 Å². The number of fused-ring (bicyclic) bond motifs is 2. The van der Waals surface area contributed by atoms with E-state index in [0.29, 0.717) is 31.3 Å². The van der Waals surface area contributed by atoms with Gasteiger partial charge in [0.1, 0.15) is 24.7 Å². The molecule has 3 aromatic rings. The molecule has 1 fully saturated rings. The van der Waals surface area contributed by atoms with E-state index in [-0.39, 0.29) is 12.8 Å². The van der Waals surface area contributed by atoms with Gasteiger partial charge in [-0.2, -0.15) is 0 Å². The fourth-order valence-corrected chi connectivity index (χ4v) is 6.62. The summed E-state index contributed by atoms with van der Waals surface area (Å²) in [5, 5.41) is 10.2. The van der Waals surface area contributed by atoms with Crippen molar-refractivity contribution in [1.29, 1.82) is 0 Å². The molecule has 0 amide bonds. The molecule has 210 valence electrons. The molecule has 0 aromatic heterocycles. The average molecular weight is 543 g/mol. The Kier molecular flexibility index (Phi) is 8.27. The second-order valence-corrected chi connectivity index (χ2v) is 11.4. The van der Waals surface area contributed by atoms with Crippen LogP contribution in [0.1, 0.15) is 80.0 Å². The van der Waals surface area contributed by atoms with Crippen LogP contribution in [0.15, 0.2) is 60.7 Å². The molecule has 6 rings (SSSR count). The third-order valence-electron chi connectivity index (χ3n) is 8.61. The van der Waals surface area contributed by atoms with Crippen molar-refractivity contribution in [2.75, 3.05) is 19.9 Å². The number of phenolic OH excluding ortho intramolecular Hbond substituents is 1. The van der Waals surface area contributed by atoms with Crippen molar-refractivity contribution in [2.24, 2.45) is 5.92 Å². The van der Waals surface area contributed by atoms with E-state index in [4.69, 9.17) is 14.2 Å². The number of allylic oxidation sites excluding steroid dienone is 1. The molecule has 0 saturated heterocycles. The van der Waals surface area contributed by atoms with E-state index in [1.54, 1.807) is 6.07 Å². The van der Waals surface area contributed by atoms with E-state index >= 15 is 0 Å². The van der Waals surface area contributed by atoms with Crippen LogP contribution < -0.4 is 14.2 Å². The molecule has 2 atom stereocenters. The van der Waals surface area contributed by atoms with Crippen molar-refractivity contribution in [1.82, 2.24) is 0 Å². The highest BCUT2D eigenvalue weighted by atomic mass is 19.1. The van der Waals surface area contributed by atoms with Gasteiger partial charge in [-0.15, -0.1) is 0 Å². The van der Waals surface area contributed by atoms with Gasteiger partial charge < -0.3 is 19.3 Å². The summed E-state index contributed by atoms with van der Waals surface area (Å²) in [5.74, 6) is 3.51. The number of aromatic hydroxyl groups is 1. The van der Waals surface area contributed by atoms with Gasteiger partial charge in [-0.05, 0) is 121 Å². The lowest BCUT2D eigenvalue weighted by Gasteiger charge is -2.21. The van der Waals surface area contributed by atoms with Crippen LogP contribution in [0, 0.1) is 5.92 Å². The summed E-state index contributed by atoms with van der Waals surface area (Å²) in [5.41, 5.74) is 7.10. The van der Waals surface area contributed by atoms with Crippen LogP contribution >= 0.6 is 0 Å². The molecule has 2 aliphatic carbocycles. The predicted octanol–water partition coefficient (Wildman–Crippen LogP) is 8.54. The molecule has 1 unspecified atom stereocenters. The first kappa shape index (κ1) is 26.7. The Morgan fingerprint density at radius 3 is 2.50 bits per heavy atom. The lowest BCUT2D eigenvalue weighted by molar-refractivity contribution is 0.171. The SMILES string of the molecule is Oc1ccc2c(c1)CCCC(c1ccc3c(c1)OCCO3)=C2c1ccc(O[C@H]2CCC(CCCCCF)C2)cc1. The molecular formula is C35H39FO4. The van der Waals surface area contributed by atoms with Crippen molar-refractivity contribution >= 4 is 11.1 Å². The second kappa shape index (κ2) is 12.4. The molecule has 1 heterocycles. The number of halogens is 1. The molecule has 0 spiro atoms. The van der Waals surface area contributed by atoms with Gasteiger partial charge in [0, 0.05) is 0 Å². The van der Waals surface area contributed by atoms with Gasteiger partial charge in [0.15, 0.2) is 11.5 Å². The number of ether oxygens (including phenoxy) is 3. The maximum absolute atomic E-state index is 12.4. The number of benzene rings is 3. The number of unbranched alkanes of at least 4 members (excludes halogenated alkanes) is 2. The second-order valence-electron chi connectivity index (χ2n) is 11.4. The summed E-state index contributed by atoms with van der Waals surface area (Å²) >= 11 is 0. The molecule has 1 aliphatic heterocycles. The minimum Gasteiger partial charge on any atom is -0.508 e. The molecule has 3 aliphatic rings. The average Bonchev–Trinajstić information content (AvgIpc) is 3.34. The molecular weight excluding hydrogens is 503 g/mol. The summed E-state index contributed by atoms with van der Waals surface area (Å²) in [4.78, 5) is 0. The van der Waals surface area contributed by atoms with E-state index < -0.39 is 0 Å². The zero-order valence-corrected chi connectivity index (χ0v) is 23.2. The summed E-state index contributed by atoms with van der Waals surface area (Å²) in [6, 6.07) is 20.6. The minimum absolute atomic E-state index is 0.199. The van der Waals surface area contributed by atoms with Gasteiger partial charge in [-0.1, -0.05) is 43.5 Å². The fraction of sp³-hybridized carbons (Fsp3) is 0.429. The number of phenols is 1. The number of hydrogen-bond donors (Lipinski definition) is 1. The summed E-state index contributed by atoms with van der Waals surface area (Å²) in [6.45, 7) is 0.940. The van der Waals surface area contributed by atoms with Gasteiger partial charge in [0.2, 0.25) is 0 Å². The van der Waals surface area contributed by atoms with E-state index in [1.165, 1.54) is 35.1 Å². The Morgan fingerprint density at radius 1 is 0.825 bits per heavy atom. The topological polar surface area (TPSA) is 47.9 Å². The quantitative estimate of drug-likeness (QED) is 0.275. The lowest BCUT2D eigenvalue weighted by Crippen LogP contribution is -2.15. The summed E-state index contributed by atoms with van der Waals surface area (Å²) < 4.78 is 30.5. The highest BCUT2D eigenvalue weighted by Gasteiger charge is 2.26. The zero-order chi connectivity index (χ0) is 27.3. The van der Waals surface area contributed by atoms with Crippen molar-refractivity contribution < 1.29 is 23.7 Å². The first-order valence-corrected chi connectivity index (χ1v) is 15.0. The maximum Gasteiger partial charge on any atom is 0.161 e. The fourth-order valence-electron chi connectivity index (χ4n) is 6.62. The van der Waals surface area contributed by atoms with Crippen molar-refractivity contribution in [3.05, 3.63) is 82.9 Å². The highest BCUT2D eigenvalue weighted by Crippen LogP contribution is 2.43. The van der Waals surface area contributed by atoms with Gasteiger partial charge in [-0.3, -0.25) is 4.39 Å². The third-order valence-corrected chi connectivity index (χ3v) is 8.61. The molecule has 40 heavy (non-hydrogen) atoms. The lowest BCUT2D eigenvalue weighted by atomic mass is 9.87.